The van der Waals surface area contributed by atoms with Crippen molar-refractivity contribution in [3.05, 3.63) is 17.8 Å². The molecule has 2 rings (SSSR count). The second-order valence-corrected chi connectivity index (χ2v) is 5.17. The Morgan fingerprint density at radius 1 is 1.48 bits per heavy atom. The van der Waals surface area contributed by atoms with Crippen LogP contribution in [0, 0.1) is 0 Å². The smallest absolute Gasteiger partial charge is 0.340 e. The van der Waals surface area contributed by atoms with Crippen LogP contribution in [0.3, 0.4) is 0 Å². The third-order valence-electron chi connectivity index (χ3n) is 3.63. The average Bonchev–Trinajstić information content (AvgIpc) is 2.98. The zero-order valence-corrected chi connectivity index (χ0v) is 12.6. The van der Waals surface area contributed by atoms with E-state index in [0.29, 0.717) is 23.7 Å². The Hall–Kier alpha value is -1.82. The summed E-state index contributed by atoms with van der Waals surface area (Å²) in [6.07, 6.45) is 5.23. The van der Waals surface area contributed by atoms with Gasteiger partial charge in [0.1, 0.15) is 5.82 Å². The van der Waals surface area contributed by atoms with Crippen LogP contribution in [-0.4, -0.2) is 48.6 Å². The molecule has 1 saturated heterocycles. The van der Waals surface area contributed by atoms with Crippen LogP contribution in [0.4, 0.5) is 11.5 Å². The molecule has 21 heavy (non-hydrogen) atoms. The Kier molecular flexibility index (Phi) is 5.80. The number of likely N-dealkylation sites (tertiary alicyclic amines) is 1. The number of nitrogens with one attached hydrogen (secondary N) is 1. The molecule has 1 aliphatic rings. The number of anilines is 2. The number of rotatable bonds is 7. The second kappa shape index (κ2) is 7.83. The van der Waals surface area contributed by atoms with Crippen LogP contribution >= 0.6 is 0 Å². The summed E-state index contributed by atoms with van der Waals surface area (Å²) in [5.74, 6) is 0.152. The molecule has 6 heteroatoms. The van der Waals surface area contributed by atoms with Crippen molar-refractivity contribution in [3.8, 4) is 0 Å². The van der Waals surface area contributed by atoms with Crippen molar-refractivity contribution in [3.63, 3.8) is 0 Å². The lowest BCUT2D eigenvalue weighted by atomic mass is 10.2. The lowest BCUT2D eigenvalue weighted by molar-refractivity contribution is 0.0527. The summed E-state index contributed by atoms with van der Waals surface area (Å²) in [5.41, 5.74) is 6.71. The fourth-order valence-corrected chi connectivity index (χ4v) is 2.52. The van der Waals surface area contributed by atoms with Gasteiger partial charge in [-0.05, 0) is 51.9 Å². The van der Waals surface area contributed by atoms with Gasteiger partial charge < -0.3 is 20.7 Å². The second-order valence-electron chi connectivity index (χ2n) is 5.17. The minimum atomic E-state index is -0.405. The summed E-state index contributed by atoms with van der Waals surface area (Å²) in [4.78, 5) is 18.4. The van der Waals surface area contributed by atoms with Crippen molar-refractivity contribution in [2.45, 2.75) is 26.2 Å². The molecule has 0 amide bonds. The number of ether oxygens (including phenoxy) is 1. The van der Waals surface area contributed by atoms with E-state index in [0.717, 1.165) is 19.5 Å². The van der Waals surface area contributed by atoms with Crippen molar-refractivity contribution in [2.75, 3.05) is 43.8 Å². The first-order chi connectivity index (χ1) is 10.2. The third-order valence-corrected chi connectivity index (χ3v) is 3.63. The number of carbonyl (C=O) groups excluding carboxylic acids is 1. The van der Waals surface area contributed by atoms with Crippen LogP contribution in [0.1, 0.15) is 36.5 Å². The van der Waals surface area contributed by atoms with Gasteiger partial charge in [-0.1, -0.05) is 0 Å². The summed E-state index contributed by atoms with van der Waals surface area (Å²) < 4.78 is 4.98. The van der Waals surface area contributed by atoms with Crippen LogP contribution in [0.25, 0.3) is 0 Å². The quantitative estimate of drug-likeness (QED) is 0.588. The van der Waals surface area contributed by atoms with Crippen LogP contribution in [0.2, 0.25) is 0 Å². The molecule has 1 aromatic heterocycles. The summed E-state index contributed by atoms with van der Waals surface area (Å²) in [5, 5.41) is 3.20. The first kappa shape index (κ1) is 15.6. The van der Waals surface area contributed by atoms with Gasteiger partial charge in [0, 0.05) is 12.7 Å². The van der Waals surface area contributed by atoms with Gasteiger partial charge in [0.15, 0.2) is 0 Å². The number of carbonyl (C=O) groups is 1. The molecule has 0 spiro atoms. The van der Waals surface area contributed by atoms with E-state index in [1.165, 1.54) is 25.9 Å². The fourth-order valence-electron chi connectivity index (χ4n) is 2.52. The number of aromatic nitrogens is 1. The standard InChI is InChI=1S/C15H24N4O2/c1-2-21-15(20)12-6-8-18-14(13(12)16)17-7-5-11-19-9-3-4-10-19/h6,8H,2-5,7,9-11,16H2,1H3,(H,17,18). The minimum Gasteiger partial charge on any atom is -0.462 e. The Balaban J connectivity index is 1.84. The molecule has 0 unspecified atom stereocenters. The molecule has 0 saturated carbocycles. The highest BCUT2D eigenvalue weighted by Crippen LogP contribution is 2.20. The lowest BCUT2D eigenvalue weighted by Gasteiger charge is -2.15. The highest BCUT2D eigenvalue weighted by molar-refractivity contribution is 5.97. The van der Waals surface area contributed by atoms with E-state index in [1.54, 1.807) is 19.2 Å². The van der Waals surface area contributed by atoms with E-state index < -0.39 is 5.97 Å². The molecule has 0 atom stereocenters. The SMILES string of the molecule is CCOC(=O)c1ccnc(NCCCN2CCCC2)c1N. The third kappa shape index (κ3) is 4.32. The summed E-state index contributed by atoms with van der Waals surface area (Å²) in [6.45, 7) is 6.40. The average molecular weight is 292 g/mol. The van der Waals surface area contributed by atoms with Gasteiger partial charge in [-0.25, -0.2) is 9.78 Å². The van der Waals surface area contributed by atoms with E-state index in [4.69, 9.17) is 10.5 Å². The summed E-state index contributed by atoms with van der Waals surface area (Å²) in [7, 11) is 0. The minimum absolute atomic E-state index is 0.333. The number of nitrogens with two attached hydrogens (primary N) is 1. The molecule has 1 aliphatic heterocycles. The first-order valence-electron chi connectivity index (χ1n) is 7.60. The number of pyridine rings is 1. The van der Waals surface area contributed by atoms with Gasteiger partial charge in [-0.15, -0.1) is 0 Å². The fraction of sp³-hybridized carbons (Fsp3) is 0.600. The largest absolute Gasteiger partial charge is 0.462 e. The van der Waals surface area contributed by atoms with E-state index in [9.17, 15) is 4.79 Å². The molecule has 0 aliphatic carbocycles. The van der Waals surface area contributed by atoms with Crippen molar-refractivity contribution in [1.82, 2.24) is 9.88 Å². The highest BCUT2D eigenvalue weighted by Gasteiger charge is 2.14. The number of nitrogen functional groups attached to an aromatic ring is 1. The van der Waals surface area contributed by atoms with Crippen molar-refractivity contribution >= 4 is 17.5 Å². The van der Waals surface area contributed by atoms with Crippen LogP contribution < -0.4 is 11.1 Å². The van der Waals surface area contributed by atoms with Crippen LogP contribution in [-0.2, 0) is 4.74 Å². The van der Waals surface area contributed by atoms with Crippen molar-refractivity contribution < 1.29 is 9.53 Å². The molecular weight excluding hydrogens is 268 g/mol. The predicted molar refractivity (Wildman–Crippen MR) is 83.4 cm³/mol. The molecule has 2 heterocycles. The molecule has 0 aromatic carbocycles. The number of hydrogen-bond donors (Lipinski definition) is 2. The van der Waals surface area contributed by atoms with E-state index in [2.05, 4.69) is 15.2 Å². The van der Waals surface area contributed by atoms with Gasteiger partial charge in [0.2, 0.25) is 0 Å². The number of esters is 1. The highest BCUT2D eigenvalue weighted by atomic mass is 16.5. The predicted octanol–water partition coefficient (Wildman–Crippen LogP) is 1.74. The first-order valence-corrected chi connectivity index (χ1v) is 7.60. The Morgan fingerprint density at radius 3 is 2.95 bits per heavy atom. The normalized spacial score (nSPS) is 15.1. The van der Waals surface area contributed by atoms with Crippen molar-refractivity contribution in [2.24, 2.45) is 0 Å². The van der Waals surface area contributed by atoms with Gasteiger partial charge in [-0.3, -0.25) is 0 Å². The van der Waals surface area contributed by atoms with Crippen molar-refractivity contribution in [1.29, 1.82) is 0 Å². The molecule has 0 radical (unpaired) electrons. The molecule has 3 N–H and O–H groups in total. The van der Waals surface area contributed by atoms with Gasteiger partial charge in [0.25, 0.3) is 0 Å². The van der Waals surface area contributed by atoms with Gasteiger partial charge in [-0.2, -0.15) is 0 Å². The maximum atomic E-state index is 11.8. The van der Waals surface area contributed by atoms with E-state index >= 15 is 0 Å². The molecular formula is C15H24N4O2. The zero-order chi connectivity index (χ0) is 15.1. The number of hydrogen-bond acceptors (Lipinski definition) is 6. The van der Waals surface area contributed by atoms with E-state index in [1.807, 2.05) is 0 Å². The molecule has 6 nitrogen and oxygen atoms in total. The van der Waals surface area contributed by atoms with Gasteiger partial charge in [0.05, 0.1) is 17.9 Å². The van der Waals surface area contributed by atoms with E-state index in [-0.39, 0.29) is 0 Å². The maximum absolute atomic E-state index is 11.8. The topological polar surface area (TPSA) is 80.5 Å². The lowest BCUT2D eigenvalue weighted by Crippen LogP contribution is -2.22. The Bertz CT molecular complexity index is 473. The summed E-state index contributed by atoms with van der Waals surface area (Å²) >= 11 is 0. The summed E-state index contributed by atoms with van der Waals surface area (Å²) in [6, 6.07) is 1.59. The van der Waals surface area contributed by atoms with Crippen LogP contribution in [0.15, 0.2) is 12.3 Å². The molecule has 0 bridgehead atoms. The molecule has 1 fully saturated rings. The zero-order valence-electron chi connectivity index (χ0n) is 12.6. The molecule has 116 valence electrons. The number of nitrogens with zero attached hydrogens (tertiary/aromatic N) is 2. The Labute approximate surface area is 125 Å². The van der Waals surface area contributed by atoms with Gasteiger partial charge >= 0.3 is 5.97 Å². The molecule has 1 aromatic rings. The maximum Gasteiger partial charge on any atom is 0.340 e. The monoisotopic (exact) mass is 292 g/mol. The Morgan fingerprint density at radius 2 is 2.24 bits per heavy atom. The van der Waals surface area contributed by atoms with Crippen LogP contribution in [0.5, 0.6) is 0 Å².